The highest BCUT2D eigenvalue weighted by Gasteiger charge is 2.27. The number of hydrogen-bond donors (Lipinski definition) is 2. The fourth-order valence-corrected chi connectivity index (χ4v) is 2.38. The molecular formula is C12H24N2O2. The minimum absolute atomic E-state index is 0.149. The van der Waals surface area contributed by atoms with Crippen LogP contribution in [0.4, 0.5) is 4.79 Å². The molecule has 1 aliphatic carbocycles. The van der Waals surface area contributed by atoms with Crippen LogP contribution in [-0.2, 0) is 0 Å². The van der Waals surface area contributed by atoms with Crippen LogP contribution in [0.3, 0.4) is 0 Å². The average Bonchev–Trinajstić information content (AvgIpc) is 2.15. The van der Waals surface area contributed by atoms with Crippen molar-refractivity contribution < 1.29 is 9.90 Å². The molecule has 0 aliphatic heterocycles. The van der Waals surface area contributed by atoms with E-state index in [1.165, 1.54) is 4.90 Å². The van der Waals surface area contributed by atoms with Gasteiger partial charge in [-0.3, -0.25) is 0 Å². The Morgan fingerprint density at radius 3 is 2.12 bits per heavy atom. The highest BCUT2D eigenvalue weighted by molar-refractivity contribution is 5.64. The summed E-state index contributed by atoms with van der Waals surface area (Å²) in [5.74, 6) is 0. The van der Waals surface area contributed by atoms with Crippen molar-refractivity contribution in [3.8, 4) is 0 Å². The summed E-state index contributed by atoms with van der Waals surface area (Å²) >= 11 is 0. The van der Waals surface area contributed by atoms with Crippen molar-refractivity contribution in [3.05, 3.63) is 0 Å². The summed E-state index contributed by atoms with van der Waals surface area (Å²) < 4.78 is 0. The van der Waals surface area contributed by atoms with Crippen molar-refractivity contribution in [1.29, 1.82) is 0 Å². The maximum Gasteiger partial charge on any atom is 0.407 e. The van der Waals surface area contributed by atoms with Crippen molar-refractivity contribution in [2.45, 2.75) is 64.1 Å². The molecule has 0 spiro atoms. The molecule has 16 heavy (non-hydrogen) atoms. The van der Waals surface area contributed by atoms with Gasteiger partial charge < -0.3 is 15.3 Å². The summed E-state index contributed by atoms with van der Waals surface area (Å²) in [5, 5.41) is 12.5. The lowest BCUT2D eigenvalue weighted by molar-refractivity contribution is 0.119. The summed E-state index contributed by atoms with van der Waals surface area (Å²) in [6.07, 6.45) is 3.26. The highest BCUT2D eigenvalue weighted by atomic mass is 16.4. The fraction of sp³-hybridized carbons (Fsp3) is 0.917. The van der Waals surface area contributed by atoms with Crippen LogP contribution in [-0.4, -0.2) is 40.8 Å². The summed E-state index contributed by atoms with van der Waals surface area (Å²) in [5.41, 5.74) is 0.149. The lowest BCUT2D eigenvalue weighted by atomic mass is 9.89. The van der Waals surface area contributed by atoms with Gasteiger partial charge in [0.05, 0.1) is 0 Å². The second-order valence-corrected chi connectivity index (χ2v) is 5.79. The number of amides is 1. The molecule has 0 aromatic rings. The van der Waals surface area contributed by atoms with Crippen molar-refractivity contribution >= 4 is 6.09 Å². The molecule has 0 radical (unpaired) electrons. The second kappa shape index (κ2) is 5.04. The summed E-state index contributed by atoms with van der Waals surface area (Å²) in [7, 11) is 1.67. The molecule has 94 valence electrons. The lowest BCUT2D eigenvalue weighted by Crippen LogP contribution is -2.48. The first-order chi connectivity index (χ1) is 7.29. The Kier molecular flexibility index (Phi) is 4.19. The van der Waals surface area contributed by atoms with Crippen LogP contribution in [0.15, 0.2) is 0 Å². The fourth-order valence-electron chi connectivity index (χ4n) is 2.38. The number of nitrogens with one attached hydrogen (secondary N) is 1. The monoisotopic (exact) mass is 228 g/mol. The van der Waals surface area contributed by atoms with E-state index in [4.69, 9.17) is 5.11 Å². The first-order valence-electron chi connectivity index (χ1n) is 6.03. The van der Waals surface area contributed by atoms with Crippen LogP contribution in [0.1, 0.15) is 46.5 Å². The summed E-state index contributed by atoms with van der Waals surface area (Å²) in [6, 6.07) is 0.744. The third kappa shape index (κ3) is 4.00. The predicted octanol–water partition coefficient (Wildman–Crippen LogP) is 2.30. The molecule has 2 N–H and O–H groups in total. The van der Waals surface area contributed by atoms with Crippen molar-refractivity contribution in [3.63, 3.8) is 0 Å². The molecule has 0 aromatic carbocycles. The molecule has 0 unspecified atom stereocenters. The molecule has 1 saturated carbocycles. The van der Waals surface area contributed by atoms with Crippen molar-refractivity contribution in [2.24, 2.45) is 0 Å². The van der Waals surface area contributed by atoms with Gasteiger partial charge in [0.2, 0.25) is 0 Å². The van der Waals surface area contributed by atoms with Crippen molar-refractivity contribution in [2.75, 3.05) is 7.05 Å². The van der Waals surface area contributed by atoms with Crippen LogP contribution in [0.5, 0.6) is 0 Å². The Balaban J connectivity index is 2.37. The maximum absolute atomic E-state index is 10.8. The minimum Gasteiger partial charge on any atom is -0.465 e. The van der Waals surface area contributed by atoms with Gasteiger partial charge in [-0.05, 0) is 46.5 Å². The normalized spacial score (nSPS) is 26.5. The van der Waals surface area contributed by atoms with Gasteiger partial charge in [0.15, 0.2) is 0 Å². The molecule has 1 aliphatic rings. The van der Waals surface area contributed by atoms with E-state index >= 15 is 0 Å². The standard InChI is InChI=1S/C12H24N2O2/c1-12(2,3)13-9-5-7-10(8-6-9)14(4)11(15)16/h9-10,13H,5-8H2,1-4H3,(H,15,16). The number of carboxylic acid groups (broad SMARTS) is 1. The van der Waals surface area contributed by atoms with Gasteiger partial charge in [0, 0.05) is 24.7 Å². The molecule has 1 rings (SSSR count). The zero-order chi connectivity index (χ0) is 12.3. The number of carbonyl (C=O) groups is 1. The van der Waals surface area contributed by atoms with E-state index in [1.54, 1.807) is 7.05 Å². The SMILES string of the molecule is CN(C(=O)O)C1CCC(NC(C)(C)C)CC1. The first-order valence-corrected chi connectivity index (χ1v) is 6.03. The van der Waals surface area contributed by atoms with Crippen LogP contribution < -0.4 is 5.32 Å². The van der Waals surface area contributed by atoms with Crippen LogP contribution >= 0.6 is 0 Å². The minimum atomic E-state index is -0.813. The third-order valence-corrected chi connectivity index (χ3v) is 3.18. The van der Waals surface area contributed by atoms with E-state index in [2.05, 4.69) is 26.1 Å². The molecule has 0 saturated heterocycles. The molecule has 0 heterocycles. The topological polar surface area (TPSA) is 52.6 Å². The Bertz CT molecular complexity index is 240. The van der Waals surface area contributed by atoms with E-state index in [1.807, 2.05) is 0 Å². The number of rotatable bonds is 2. The molecule has 0 atom stereocenters. The number of nitrogens with zero attached hydrogens (tertiary/aromatic N) is 1. The molecule has 4 nitrogen and oxygen atoms in total. The third-order valence-electron chi connectivity index (χ3n) is 3.18. The van der Waals surface area contributed by atoms with Crippen LogP contribution in [0.25, 0.3) is 0 Å². The predicted molar refractivity (Wildman–Crippen MR) is 64.7 cm³/mol. The van der Waals surface area contributed by atoms with E-state index in [-0.39, 0.29) is 11.6 Å². The van der Waals surface area contributed by atoms with Crippen LogP contribution in [0, 0.1) is 0 Å². The summed E-state index contributed by atoms with van der Waals surface area (Å²) in [4.78, 5) is 12.3. The van der Waals surface area contributed by atoms with Gasteiger partial charge in [-0.2, -0.15) is 0 Å². The van der Waals surface area contributed by atoms with Gasteiger partial charge in [0.1, 0.15) is 0 Å². The Hall–Kier alpha value is -0.770. The number of hydrogen-bond acceptors (Lipinski definition) is 2. The smallest absolute Gasteiger partial charge is 0.407 e. The van der Waals surface area contributed by atoms with Gasteiger partial charge >= 0.3 is 6.09 Å². The maximum atomic E-state index is 10.8. The van der Waals surface area contributed by atoms with E-state index in [0.717, 1.165) is 25.7 Å². The second-order valence-electron chi connectivity index (χ2n) is 5.79. The van der Waals surface area contributed by atoms with Gasteiger partial charge in [0.25, 0.3) is 0 Å². The molecule has 4 heteroatoms. The van der Waals surface area contributed by atoms with E-state index in [9.17, 15) is 4.79 Å². The average molecular weight is 228 g/mol. The summed E-state index contributed by atoms with van der Waals surface area (Å²) in [6.45, 7) is 6.51. The first kappa shape index (κ1) is 13.3. The molecular weight excluding hydrogens is 204 g/mol. The largest absolute Gasteiger partial charge is 0.465 e. The Morgan fingerprint density at radius 1 is 1.25 bits per heavy atom. The zero-order valence-corrected chi connectivity index (χ0v) is 10.8. The van der Waals surface area contributed by atoms with E-state index in [0.29, 0.717) is 6.04 Å². The van der Waals surface area contributed by atoms with Crippen molar-refractivity contribution in [1.82, 2.24) is 10.2 Å². The lowest BCUT2D eigenvalue weighted by Gasteiger charge is -2.36. The molecule has 0 bridgehead atoms. The quantitative estimate of drug-likeness (QED) is 0.762. The zero-order valence-electron chi connectivity index (χ0n) is 10.8. The van der Waals surface area contributed by atoms with Gasteiger partial charge in [-0.1, -0.05) is 0 Å². The molecule has 0 aromatic heterocycles. The molecule has 1 fully saturated rings. The Labute approximate surface area is 98.0 Å². The van der Waals surface area contributed by atoms with E-state index < -0.39 is 6.09 Å². The highest BCUT2D eigenvalue weighted by Crippen LogP contribution is 2.23. The van der Waals surface area contributed by atoms with Gasteiger partial charge in [-0.15, -0.1) is 0 Å². The van der Waals surface area contributed by atoms with Crippen LogP contribution in [0.2, 0.25) is 0 Å². The molecule has 1 amide bonds. The van der Waals surface area contributed by atoms with Gasteiger partial charge in [-0.25, -0.2) is 4.79 Å². The Morgan fingerprint density at radius 2 is 1.75 bits per heavy atom.